The number of carbonyl (C=O) groups is 1. The summed E-state index contributed by atoms with van der Waals surface area (Å²) in [6, 6.07) is 4.46. The van der Waals surface area contributed by atoms with Crippen molar-refractivity contribution in [2.24, 2.45) is 0 Å². The summed E-state index contributed by atoms with van der Waals surface area (Å²) in [5.74, 6) is -0.566. The van der Waals surface area contributed by atoms with E-state index in [1.54, 1.807) is 13.1 Å². The van der Waals surface area contributed by atoms with Crippen molar-refractivity contribution in [1.82, 2.24) is 14.5 Å². The van der Waals surface area contributed by atoms with E-state index >= 15 is 0 Å². The van der Waals surface area contributed by atoms with Crippen LogP contribution in [0, 0.1) is 0 Å². The quantitative estimate of drug-likeness (QED) is 0.783. The van der Waals surface area contributed by atoms with Gasteiger partial charge < -0.3 is 4.74 Å². The lowest BCUT2D eigenvalue weighted by Gasteiger charge is -2.38. The van der Waals surface area contributed by atoms with Crippen LogP contribution in [0.3, 0.4) is 0 Å². The number of benzene rings is 1. The molecule has 0 radical (unpaired) electrons. The highest BCUT2D eigenvalue weighted by Gasteiger charge is 2.46. The lowest BCUT2D eigenvalue weighted by molar-refractivity contribution is -0.148. The number of sulfonamides is 1. The summed E-state index contributed by atoms with van der Waals surface area (Å²) in [5.41, 5.74) is 1.54. The molecule has 0 spiro atoms. The molecule has 1 aromatic carbocycles. The van der Waals surface area contributed by atoms with Gasteiger partial charge in [-0.05, 0) is 37.6 Å². The van der Waals surface area contributed by atoms with Gasteiger partial charge in [-0.1, -0.05) is 18.5 Å². The molecule has 1 N–H and O–H groups in total. The summed E-state index contributed by atoms with van der Waals surface area (Å²) in [7, 11) is -3.94. The number of aromatic nitrogens is 2. The Morgan fingerprint density at radius 2 is 2.04 bits per heavy atom. The number of fused-ring (bicyclic) bond motifs is 1. The number of esters is 1. The standard InChI is InChI=1S/C17H20ClN3O4S/c1-3-15-13-10-19-20-14(13)9-16(17(22)25-4-2)21(15)26(23,24)12-7-5-11(18)6-8-12/h5-8,10,15-16H,3-4,9H2,1-2H3,(H,19,20). The molecule has 2 heterocycles. The van der Waals surface area contributed by atoms with E-state index in [1.807, 2.05) is 6.92 Å². The van der Waals surface area contributed by atoms with E-state index in [0.717, 1.165) is 11.3 Å². The highest BCUT2D eigenvalue weighted by atomic mass is 35.5. The Bertz CT molecular complexity index is 895. The molecule has 9 heteroatoms. The summed E-state index contributed by atoms with van der Waals surface area (Å²) < 4.78 is 33.1. The third-order valence-corrected chi connectivity index (χ3v) is 6.64. The minimum atomic E-state index is -3.94. The largest absolute Gasteiger partial charge is 0.465 e. The number of aromatic amines is 1. The van der Waals surface area contributed by atoms with Crippen molar-refractivity contribution >= 4 is 27.6 Å². The van der Waals surface area contributed by atoms with Gasteiger partial charge in [0.15, 0.2) is 0 Å². The molecule has 3 rings (SSSR count). The van der Waals surface area contributed by atoms with Crippen LogP contribution in [0.5, 0.6) is 0 Å². The first-order valence-corrected chi connectivity index (χ1v) is 10.2. The van der Waals surface area contributed by atoms with Gasteiger partial charge in [-0.2, -0.15) is 9.40 Å². The molecule has 0 aliphatic carbocycles. The normalized spacial score (nSPS) is 20.6. The van der Waals surface area contributed by atoms with E-state index in [2.05, 4.69) is 10.2 Å². The van der Waals surface area contributed by atoms with E-state index in [-0.39, 0.29) is 17.9 Å². The summed E-state index contributed by atoms with van der Waals surface area (Å²) >= 11 is 5.88. The molecule has 1 aliphatic rings. The molecule has 2 unspecified atom stereocenters. The fourth-order valence-corrected chi connectivity index (χ4v) is 5.24. The number of nitrogens with one attached hydrogen (secondary N) is 1. The third-order valence-electron chi connectivity index (χ3n) is 4.46. The topological polar surface area (TPSA) is 92.4 Å². The first kappa shape index (κ1) is 18.9. The Kier molecular flexibility index (Phi) is 5.36. The molecular weight excluding hydrogens is 378 g/mol. The summed E-state index contributed by atoms with van der Waals surface area (Å²) in [6.07, 6.45) is 2.31. The smallest absolute Gasteiger partial charge is 0.324 e. The van der Waals surface area contributed by atoms with Crippen LogP contribution in [0.15, 0.2) is 35.4 Å². The Hall–Kier alpha value is -1.90. The number of hydrogen-bond donors (Lipinski definition) is 1. The molecule has 0 saturated heterocycles. The van der Waals surface area contributed by atoms with Crippen molar-refractivity contribution < 1.29 is 17.9 Å². The molecular formula is C17H20ClN3O4S. The predicted octanol–water partition coefficient (Wildman–Crippen LogP) is 2.69. The molecule has 1 aliphatic heterocycles. The number of hydrogen-bond acceptors (Lipinski definition) is 5. The summed E-state index contributed by atoms with van der Waals surface area (Å²) in [4.78, 5) is 12.6. The Labute approximate surface area is 157 Å². The second kappa shape index (κ2) is 7.38. The van der Waals surface area contributed by atoms with Gasteiger partial charge in [0.2, 0.25) is 10.0 Å². The van der Waals surface area contributed by atoms with Gasteiger partial charge in [0.05, 0.1) is 23.7 Å². The van der Waals surface area contributed by atoms with Crippen molar-refractivity contribution in [3.05, 3.63) is 46.7 Å². The fourth-order valence-electron chi connectivity index (χ4n) is 3.30. The zero-order chi connectivity index (χ0) is 18.9. The molecule has 0 saturated carbocycles. The highest BCUT2D eigenvalue weighted by molar-refractivity contribution is 7.89. The van der Waals surface area contributed by atoms with Crippen molar-refractivity contribution in [2.45, 2.75) is 43.7 Å². The van der Waals surface area contributed by atoms with Crippen molar-refractivity contribution in [3.63, 3.8) is 0 Å². The van der Waals surface area contributed by atoms with E-state index < -0.39 is 28.1 Å². The predicted molar refractivity (Wildman–Crippen MR) is 96.2 cm³/mol. The SMILES string of the molecule is CCOC(=O)C1Cc2[nH]ncc2C(CC)N1S(=O)(=O)c1ccc(Cl)cc1. The first-order chi connectivity index (χ1) is 12.4. The number of ether oxygens (including phenoxy) is 1. The summed E-state index contributed by atoms with van der Waals surface area (Å²) in [5, 5.41) is 7.34. The molecule has 7 nitrogen and oxygen atoms in total. The van der Waals surface area contributed by atoms with E-state index in [9.17, 15) is 13.2 Å². The van der Waals surface area contributed by atoms with Gasteiger partial charge in [-0.15, -0.1) is 0 Å². The number of H-pyrrole nitrogens is 1. The molecule has 0 amide bonds. The monoisotopic (exact) mass is 397 g/mol. The minimum absolute atomic E-state index is 0.0848. The van der Waals surface area contributed by atoms with Crippen molar-refractivity contribution in [3.8, 4) is 0 Å². The van der Waals surface area contributed by atoms with Crippen molar-refractivity contribution in [2.75, 3.05) is 6.61 Å². The maximum Gasteiger partial charge on any atom is 0.324 e. The fraction of sp³-hybridized carbons (Fsp3) is 0.412. The second-order valence-electron chi connectivity index (χ2n) is 5.99. The molecule has 26 heavy (non-hydrogen) atoms. The van der Waals surface area contributed by atoms with Crippen LogP contribution in [0.25, 0.3) is 0 Å². The van der Waals surface area contributed by atoms with Gasteiger partial charge in [0.25, 0.3) is 0 Å². The Balaban J connectivity index is 2.12. The average Bonchev–Trinajstić information content (AvgIpc) is 3.09. The van der Waals surface area contributed by atoms with Gasteiger partial charge in [-0.3, -0.25) is 9.89 Å². The number of nitrogens with zero attached hydrogens (tertiary/aromatic N) is 2. The van der Waals surface area contributed by atoms with Crippen LogP contribution in [0.4, 0.5) is 0 Å². The van der Waals surface area contributed by atoms with Crippen LogP contribution < -0.4 is 0 Å². The first-order valence-electron chi connectivity index (χ1n) is 8.38. The van der Waals surface area contributed by atoms with Crippen LogP contribution >= 0.6 is 11.6 Å². The number of rotatable bonds is 5. The molecule has 0 bridgehead atoms. The van der Waals surface area contributed by atoms with Crippen LogP contribution in [0.2, 0.25) is 5.02 Å². The third kappa shape index (κ3) is 3.24. The molecule has 2 atom stereocenters. The molecule has 140 valence electrons. The van der Waals surface area contributed by atoms with E-state index in [1.165, 1.54) is 28.6 Å². The van der Waals surface area contributed by atoms with E-state index in [0.29, 0.717) is 11.4 Å². The number of halogens is 1. The van der Waals surface area contributed by atoms with E-state index in [4.69, 9.17) is 16.3 Å². The second-order valence-corrected chi connectivity index (χ2v) is 8.27. The zero-order valence-corrected chi connectivity index (χ0v) is 16.0. The van der Waals surface area contributed by atoms with Crippen LogP contribution in [-0.2, 0) is 26.0 Å². The Morgan fingerprint density at radius 3 is 2.65 bits per heavy atom. The molecule has 1 aromatic heterocycles. The minimum Gasteiger partial charge on any atom is -0.465 e. The van der Waals surface area contributed by atoms with Gasteiger partial charge >= 0.3 is 5.97 Å². The maximum absolute atomic E-state index is 13.4. The van der Waals surface area contributed by atoms with Gasteiger partial charge in [0.1, 0.15) is 6.04 Å². The van der Waals surface area contributed by atoms with Crippen molar-refractivity contribution in [1.29, 1.82) is 0 Å². The lowest BCUT2D eigenvalue weighted by atomic mass is 9.94. The van der Waals surface area contributed by atoms with Gasteiger partial charge in [0, 0.05) is 22.7 Å². The average molecular weight is 398 g/mol. The van der Waals surface area contributed by atoms with Crippen LogP contribution in [0.1, 0.15) is 37.6 Å². The summed E-state index contributed by atoms with van der Waals surface area (Å²) in [6.45, 7) is 3.74. The van der Waals surface area contributed by atoms with Gasteiger partial charge in [-0.25, -0.2) is 8.42 Å². The maximum atomic E-state index is 13.4. The molecule has 0 fully saturated rings. The Morgan fingerprint density at radius 1 is 1.35 bits per heavy atom. The molecule has 2 aromatic rings. The number of carbonyl (C=O) groups excluding carboxylic acids is 1. The lowest BCUT2D eigenvalue weighted by Crippen LogP contribution is -2.51. The van der Waals surface area contributed by atoms with Crippen LogP contribution in [-0.4, -0.2) is 41.5 Å². The highest BCUT2D eigenvalue weighted by Crippen LogP contribution is 2.39. The zero-order valence-electron chi connectivity index (χ0n) is 14.5.